The van der Waals surface area contributed by atoms with Crippen molar-refractivity contribution in [2.75, 3.05) is 6.54 Å². The van der Waals surface area contributed by atoms with Gasteiger partial charge in [0, 0.05) is 13.0 Å². The van der Waals surface area contributed by atoms with E-state index in [1.54, 1.807) is 12.1 Å². The van der Waals surface area contributed by atoms with E-state index in [2.05, 4.69) is 10.6 Å². The van der Waals surface area contributed by atoms with Gasteiger partial charge in [-0.25, -0.2) is 4.79 Å². The van der Waals surface area contributed by atoms with Gasteiger partial charge in [-0.15, -0.1) is 0 Å². The lowest BCUT2D eigenvalue weighted by Gasteiger charge is -2.25. The van der Waals surface area contributed by atoms with Crippen LogP contribution in [0.3, 0.4) is 0 Å². The lowest BCUT2D eigenvalue weighted by atomic mass is 9.96. The molecular formula is C28H34F3N5O7. The van der Waals surface area contributed by atoms with E-state index in [1.807, 2.05) is 38.1 Å². The highest BCUT2D eigenvalue weighted by molar-refractivity contribution is 5.94. The van der Waals surface area contributed by atoms with Crippen LogP contribution in [-0.4, -0.2) is 75.6 Å². The van der Waals surface area contributed by atoms with Gasteiger partial charge in [0.1, 0.15) is 17.8 Å². The number of aliphatic carboxylic acids is 1. The number of fused-ring (bicyclic) bond motifs is 1. The molecule has 8 N–H and O–H groups in total. The predicted octanol–water partition coefficient (Wildman–Crippen LogP) is 0.572. The minimum absolute atomic E-state index is 0.141. The van der Waals surface area contributed by atoms with Crippen LogP contribution >= 0.6 is 0 Å². The number of halogens is 3. The Balaban J connectivity index is 0.000000821. The fraction of sp³-hybridized carbons (Fsp3) is 0.393. The largest absolute Gasteiger partial charge is 0.508 e. The zero-order chi connectivity index (χ0) is 32.6. The summed E-state index contributed by atoms with van der Waals surface area (Å²) in [6.45, 7) is 5.10. The van der Waals surface area contributed by atoms with E-state index < -0.39 is 53.9 Å². The molecule has 3 atom stereocenters. The summed E-state index contributed by atoms with van der Waals surface area (Å²) >= 11 is 0. The molecule has 0 fully saturated rings. The molecule has 0 saturated heterocycles. The second kappa shape index (κ2) is 14.5. The van der Waals surface area contributed by atoms with Crippen molar-refractivity contribution in [2.24, 2.45) is 11.5 Å². The number of amides is 4. The number of aryl methyl sites for hydroxylation is 2. The number of phenolic OH excluding ortho intramolecular Hbond substituents is 1. The van der Waals surface area contributed by atoms with Gasteiger partial charge in [-0.2, -0.15) is 13.2 Å². The highest BCUT2D eigenvalue weighted by Gasteiger charge is 2.38. The van der Waals surface area contributed by atoms with Crippen molar-refractivity contribution >= 4 is 29.6 Å². The number of rotatable bonds is 8. The molecule has 15 heteroatoms. The first-order valence-corrected chi connectivity index (χ1v) is 13.0. The zero-order valence-corrected chi connectivity index (χ0v) is 23.7. The predicted molar refractivity (Wildman–Crippen MR) is 147 cm³/mol. The number of nitrogens with two attached hydrogens (primary N) is 2. The van der Waals surface area contributed by atoms with Crippen molar-refractivity contribution in [1.82, 2.24) is 15.5 Å². The van der Waals surface area contributed by atoms with Gasteiger partial charge in [0.25, 0.3) is 0 Å². The number of carboxylic acids is 1. The summed E-state index contributed by atoms with van der Waals surface area (Å²) < 4.78 is 31.7. The molecule has 4 amide bonds. The third-order valence-electron chi connectivity index (χ3n) is 6.61. The van der Waals surface area contributed by atoms with E-state index in [0.717, 1.165) is 27.8 Å². The van der Waals surface area contributed by atoms with Crippen LogP contribution in [0.2, 0.25) is 0 Å². The normalized spacial score (nSPS) is 16.0. The van der Waals surface area contributed by atoms with E-state index in [-0.39, 0.29) is 31.7 Å². The first-order valence-electron chi connectivity index (χ1n) is 13.0. The highest BCUT2D eigenvalue weighted by Crippen LogP contribution is 2.22. The van der Waals surface area contributed by atoms with Gasteiger partial charge >= 0.3 is 12.1 Å². The van der Waals surface area contributed by atoms with Gasteiger partial charge in [0.05, 0.1) is 12.6 Å². The second-order valence-electron chi connectivity index (χ2n) is 10.1. The van der Waals surface area contributed by atoms with Gasteiger partial charge in [-0.05, 0) is 67.1 Å². The Morgan fingerprint density at radius 1 is 1.07 bits per heavy atom. The zero-order valence-electron chi connectivity index (χ0n) is 23.7. The van der Waals surface area contributed by atoms with Crippen LogP contribution < -0.4 is 22.1 Å². The maximum Gasteiger partial charge on any atom is 0.490 e. The van der Waals surface area contributed by atoms with Crippen LogP contribution in [0.25, 0.3) is 0 Å². The molecule has 43 heavy (non-hydrogen) atoms. The second-order valence-corrected chi connectivity index (χ2v) is 10.1. The quantitative estimate of drug-likeness (QED) is 0.249. The van der Waals surface area contributed by atoms with Crippen LogP contribution in [0.5, 0.6) is 5.75 Å². The van der Waals surface area contributed by atoms with E-state index in [0.29, 0.717) is 0 Å². The number of nitrogens with zero attached hydrogens (tertiary/aromatic N) is 1. The van der Waals surface area contributed by atoms with Crippen molar-refractivity contribution in [3.05, 3.63) is 64.2 Å². The first-order chi connectivity index (χ1) is 19.9. The molecule has 1 heterocycles. The molecule has 2 aromatic rings. The number of hydrogen-bond donors (Lipinski definition) is 6. The van der Waals surface area contributed by atoms with Gasteiger partial charge in [-0.3, -0.25) is 19.2 Å². The van der Waals surface area contributed by atoms with Crippen LogP contribution in [0.15, 0.2) is 36.4 Å². The van der Waals surface area contributed by atoms with Crippen molar-refractivity contribution in [2.45, 2.75) is 64.5 Å². The smallest absolute Gasteiger partial charge is 0.490 e. The Morgan fingerprint density at radius 2 is 1.60 bits per heavy atom. The van der Waals surface area contributed by atoms with Crippen LogP contribution in [0, 0.1) is 13.8 Å². The molecule has 0 bridgehead atoms. The van der Waals surface area contributed by atoms with Crippen LogP contribution in [-0.2, 0) is 43.4 Å². The number of carbonyl (C=O) groups excluding carboxylic acids is 4. The van der Waals surface area contributed by atoms with E-state index in [1.165, 1.54) is 11.8 Å². The summed E-state index contributed by atoms with van der Waals surface area (Å²) in [5.41, 5.74) is 15.7. The Hall–Kier alpha value is -4.66. The Labute approximate surface area is 245 Å². The molecule has 0 saturated carbocycles. The molecule has 2 aromatic carbocycles. The lowest BCUT2D eigenvalue weighted by Crippen LogP contribution is -2.56. The summed E-state index contributed by atoms with van der Waals surface area (Å²) in [5.74, 6) is -4.76. The Morgan fingerprint density at radius 3 is 2.12 bits per heavy atom. The fourth-order valence-corrected chi connectivity index (χ4v) is 4.44. The van der Waals surface area contributed by atoms with Gasteiger partial charge in [-0.1, -0.05) is 24.3 Å². The minimum Gasteiger partial charge on any atom is -0.508 e. The standard InChI is InChI=1S/C26H33N5O5.C2HF3O2/c1-14-8-19(32)9-15(2)20(14)11-21(27)25(35)29-16(3)24(34)30-22-10-17-6-4-5-7-18(17)12-31(26(22)36)13-23(28)33;3-2(4,5)1(6)7/h4-9,16,21-22,32H,10-13,27H2,1-3H3,(H2,28,33)(H,29,35)(H,30,34);(H,6,7)/t16-,21+,22+;/m1./s1. The number of carbonyl (C=O) groups is 5. The molecular weight excluding hydrogens is 575 g/mol. The summed E-state index contributed by atoms with van der Waals surface area (Å²) in [7, 11) is 0. The average Bonchev–Trinajstić information content (AvgIpc) is 3.01. The van der Waals surface area contributed by atoms with E-state index >= 15 is 0 Å². The molecule has 0 spiro atoms. The van der Waals surface area contributed by atoms with Crippen molar-refractivity contribution < 1.29 is 47.4 Å². The molecule has 12 nitrogen and oxygen atoms in total. The molecule has 3 rings (SSSR count). The average molecular weight is 610 g/mol. The van der Waals surface area contributed by atoms with E-state index in [9.17, 15) is 37.5 Å². The van der Waals surface area contributed by atoms with Gasteiger partial charge in [0.2, 0.25) is 23.6 Å². The Kier molecular flexibility index (Phi) is 11.6. The maximum atomic E-state index is 13.1. The number of aromatic hydroxyl groups is 1. The number of carboxylic acid groups (broad SMARTS) is 1. The lowest BCUT2D eigenvalue weighted by molar-refractivity contribution is -0.192. The van der Waals surface area contributed by atoms with Crippen molar-refractivity contribution in [3.63, 3.8) is 0 Å². The molecule has 1 aliphatic heterocycles. The number of benzene rings is 2. The number of nitrogens with one attached hydrogen (secondary N) is 2. The molecule has 1 aliphatic rings. The third-order valence-corrected chi connectivity index (χ3v) is 6.61. The molecule has 0 aliphatic carbocycles. The van der Waals surface area contributed by atoms with Gasteiger partial charge in [0.15, 0.2) is 0 Å². The highest BCUT2D eigenvalue weighted by atomic mass is 19.4. The summed E-state index contributed by atoms with van der Waals surface area (Å²) in [6, 6.07) is 7.83. The molecule has 0 aromatic heterocycles. The molecule has 0 unspecified atom stereocenters. The first kappa shape index (κ1) is 34.5. The van der Waals surface area contributed by atoms with Crippen molar-refractivity contribution in [3.8, 4) is 5.75 Å². The number of phenols is 1. The van der Waals surface area contributed by atoms with Crippen LogP contribution in [0.1, 0.15) is 34.7 Å². The number of alkyl halides is 3. The minimum atomic E-state index is -5.08. The number of hydrogen-bond acceptors (Lipinski definition) is 7. The number of primary amides is 1. The summed E-state index contributed by atoms with van der Waals surface area (Å²) in [5, 5.41) is 22.2. The monoisotopic (exact) mass is 609 g/mol. The van der Waals surface area contributed by atoms with Crippen molar-refractivity contribution in [1.29, 1.82) is 0 Å². The van der Waals surface area contributed by atoms with E-state index in [4.69, 9.17) is 21.4 Å². The fourth-order valence-electron chi connectivity index (χ4n) is 4.44. The van der Waals surface area contributed by atoms with Gasteiger partial charge < -0.3 is 37.2 Å². The molecule has 234 valence electrons. The third kappa shape index (κ3) is 9.99. The topological polar surface area (TPSA) is 205 Å². The maximum absolute atomic E-state index is 13.1. The summed E-state index contributed by atoms with van der Waals surface area (Å²) in [4.78, 5) is 60.5. The Bertz CT molecular complexity index is 1360. The molecule has 0 radical (unpaired) electrons. The summed E-state index contributed by atoms with van der Waals surface area (Å²) in [6.07, 6.45) is -4.60. The van der Waals surface area contributed by atoms with Crippen LogP contribution in [0.4, 0.5) is 13.2 Å². The SMILES string of the molecule is Cc1cc(O)cc(C)c1C[C@H](N)C(=O)N[C@H](C)C(=O)N[C@H]1Cc2ccccc2CN(CC(N)=O)C1=O.O=C(O)C(F)(F)F.